The third kappa shape index (κ3) is 2.44. The average molecular weight is 280 g/mol. The second kappa shape index (κ2) is 5.46. The zero-order valence-corrected chi connectivity index (χ0v) is 11.3. The van der Waals surface area contributed by atoms with Gasteiger partial charge in [0, 0.05) is 18.7 Å². The number of carbonyl (C=O) groups excluding carboxylic acids is 1. The SMILES string of the molecule is CC(C)C1Oc2ccc([N+](=O)[O-])cc2N(CCO)C1=O. The first kappa shape index (κ1) is 14.3. The largest absolute Gasteiger partial charge is 0.478 e. The molecule has 0 fully saturated rings. The van der Waals surface area contributed by atoms with Crippen LogP contribution in [-0.2, 0) is 4.79 Å². The van der Waals surface area contributed by atoms with Crippen molar-refractivity contribution in [3.8, 4) is 5.75 Å². The van der Waals surface area contributed by atoms with Crippen molar-refractivity contribution in [2.24, 2.45) is 5.92 Å². The van der Waals surface area contributed by atoms with E-state index in [1.54, 1.807) is 0 Å². The number of nitro groups is 1. The van der Waals surface area contributed by atoms with Gasteiger partial charge >= 0.3 is 0 Å². The van der Waals surface area contributed by atoms with Gasteiger partial charge in [-0.1, -0.05) is 13.8 Å². The van der Waals surface area contributed by atoms with Gasteiger partial charge in [-0.15, -0.1) is 0 Å². The molecule has 1 aromatic carbocycles. The zero-order valence-electron chi connectivity index (χ0n) is 11.3. The highest BCUT2D eigenvalue weighted by molar-refractivity contribution is 6.00. The molecule has 1 N–H and O–H groups in total. The number of hydrogen-bond acceptors (Lipinski definition) is 5. The standard InChI is InChI=1S/C13H16N2O5/c1-8(2)12-13(17)14(5-6-16)10-7-9(15(18)19)3-4-11(10)20-12/h3-4,7-8,12,16H,5-6H2,1-2H3. The Labute approximate surface area is 115 Å². The summed E-state index contributed by atoms with van der Waals surface area (Å²) in [5, 5.41) is 19.9. The maximum Gasteiger partial charge on any atom is 0.271 e. The number of benzene rings is 1. The Balaban J connectivity index is 2.48. The molecule has 1 unspecified atom stereocenters. The first-order valence-electron chi connectivity index (χ1n) is 6.33. The Bertz CT molecular complexity index is 544. The first-order valence-corrected chi connectivity index (χ1v) is 6.33. The van der Waals surface area contributed by atoms with Crippen LogP contribution in [0.25, 0.3) is 0 Å². The van der Waals surface area contributed by atoms with Gasteiger partial charge in [-0.05, 0) is 12.0 Å². The molecule has 0 aliphatic carbocycles. The number of β-amino-alcohol motifs (C(OH)–C–C–N with tert-alkyl or cyclic N) is 1. The average Bonchev–Trinajstić information content (AvgIpc) is 2.40. The van der Waals surface area contributed by atoms with Crippen LogP contribution in [0.1, 0.15) is 13.8 Å². The second-order valence-corrected chi connectivity index (χ2v) is 4.91. The molecule has 0 saturated heterocycles. The van der Waals surface area contributed by atoms with Crippen LogP contribution in [0.3, 0.4) is 0 Å². The lowest BCUT2D eigenvalue weighted by Gasteiger charge is -2.35. The highest BCUT2D eigenvalue weighted by Gasteiger charge is 2.36. The summed E-state index contributed by atoms with van der Waals surface area (Å²) >= 11 is 0. The Morgan fingerprint density at radius 3 is 2.75 bits per heavy atom. The Morgan fingerprint density at radius 1 is 1.50 bits per heavy atom. The van der Waals surface area contributed by atoms with Gasteiger partial charge in [0.1, 0.15) is 5.75 Å². The van der Waals surface area contributed by atoms with E-state index >= 15 is 0 Å². The normalized spacial score (nSPS) is 17.9. The van der Waals surface area contributed by atoms with Gasteiger partial charge in [-0.25, -0.2) is 0 Å². The summed E-state index contributed by atoms with van der Waals surface area (Å²) in [6.45, 7) is 3.57. The van der Waals surface area contributed by atoms with Crippen molar-refractivity contribution in [2.75, 3.05) is 18.1 Å². The number of nitrogens with zero attached hydrogens (tertiary/aromatic N) is 2. The van der Waals surface area contributed by atoms with E-state index in [-0.39, 0.29) is 30.7 Å². The molecule has 108 valence electrons. The fourth-order valence-electron chi connectivity index (χ4n) is 2.14. The van der Waals surface area contributed by atoms with Crippen LogP contribution in [-0.4, -0.2) is 35.2 Å². The van der Waals surface area contributed by atoms with Crippen molar-refractivity contribution in [1.29, 1.82) is 0 Å². The maximum absolute atomic E-state index is 12.3. The van der Waals surface area contributed by atoms with E-state index in [0.29, 0.717) is 11.4 Å². The van der Waals surface area contributed by atoms with E-state index in [2.05, 4.69) is 0 Å². The molecule has 7 heteroatoms. The molecule has 0 bridgehead atoms. The van der Waals surface area contributed by atoms with Crippen molar-refractivity contribution in [3.63, 3.8) is 0 Å². The van der Waals surface area contributed by atoms with E-state index < -0.39 is 11.0 Å². The number of ether oxygens (including phenoxy) is 1. The minimum atomic E-state index is -0.643. The Kier molecular flexibility index (Phi) is 3.89. The molecule has 0 aromatic heterocycles. The Hall–Kier alpha value is -2.15. The summed E-state index contributed by atoms with van der Waals surface area (Å²) < 4.78 is 5.62. The van der Waals surface area contributed by atoms with Gasteiger partial charge in [0.15, 0.2) is 6.10 Å². The van der Waals surface area contributed by atoms with Crippen molar-refractivity contribution < 1.29 is 19.6 Å². The fraction of sp³-hybridized carbons (Fsp3) is 0.462. The minimum absolute atomic E-state index is 0.0352. The van der Waals surface area contributed by atoms with Crippen LogP contribution in [0, 0.1) is 16.0 Å². The monoisotopic (exact) mass is 280 g/mol. The molecule has 0 radical (unpaired) electrons. The van der Waals surface area contributed by atoms with Crippen molar-refractivity contribution in [3.05, 3.63) is 28.3 Å². The molecule has 1 aromatic rings. The van der Waals surface area contributed by atoms with Crippen LogP contribution in [0.5, 0.6) is 5.75 Å². The summed E-state index contributed by atoms with van der Waals surface area (Å²) in [5.74, 6) is 0.0939. The van der Waals surface area contributed by atoms with Gasteiger partial charge < -0.3 is 14.7 Å². The molecule has 1 aliphatic rings. The lowest BCUT2D eigenvalue weighted by Crippen LogP contribution is -2.49. The maximum atomic E-state index is 12.3. The number of fused-ring (bicyclic) bond motifs is 1. The van der Waals surface area contributed by atoms with E-state index in [4.69, 9.17) is 9.84 Å². The van der Waals surface area contributed by atoms with Crippen LogP contribution < -0.4 is 9.64 Å². The number of hydrogen-bond donors (Lipinski definition) is 1. The predicted molar refractivity (Wildman–Crippen MR) is 71.8 cm³/mol. The summed E-state index contributed by atoms with van der Waals surface area (Å²) in [4.78, 5) is 24.0. The molecule has 1 aliphatic heterocycles. The fourth-order valence-corrected chi connectivity index (χ4v) is 2.14. The lowest BCUT2D eigenvalue weighted by molar-refractivity contribution is -0.384. The number of aliphatic hydroxyl groups excluding tert-OH is 1. The summed E-state index contributed by atoms with van der Waals surface area (Å²) in [7, 11) is 0. The van der Waals surface area contributed by atoms with Crippen molar-refractivity contribution in [2.45, 2.75) is 20.0 Å². The lowest BCUT2D eigenvalue weighted by atomic mass is 10.0. The number of nitro benzene ring substituents is 1. The predicted octanol–water partition coefficient (Wildman–Crippen LogP) is 1.34. The van der Waals surface area contributed by atoms with Crippen LogP contribution in [0.15, 0.2) is 18.2 Å². The number of non-ortho nitro benzene ring substituents is 1. The van der Waals surface area contributed by atoms with E-state index in [0.717, 1.165) is 0 Å². The quantitative estimate of drug-likeness (QED) is 0.663. The minimum Gasteiger partial charge on any atom is -0.478 e. The van der Waals surface area contributed by atoms with Crippen LogP contribution in [0.4, 0.5) is 11.4 Å². The first-order chi connectivity index (χ1) is 9.45. The molecule has 7 nitrogen and oxygen atoms in total. The van der Waals surface area contributed by atoms with Gasteiger partial charge in [-0.3, -0.25) is 14.9 Å². The topological polar surface area (TPSA) is 92.9 Å². The van der Waals surface area contributed by atoms with Gasteiger partial charge in [-0.2, -0.15) is 0 Å². The highest BCUT2D eigenvalue weighted by atomic mass is 16.6. The number of rotatable bonds is 4. The highest BCUT2D eigenvalue weighted by Crippen LogP contribution is 2.38. The number of aliphatic hydroxyl groups is 1. The number of carbonyl (C=O) groups is 1. The molecule has 0 saturated carbocycles. The Morgan fingerprint density at radius 2 is 2.20 bits per heavy atom. The van der Waals surface area contributed by atoms with Crippen LogP contribution >= 0.6 is 0 Å². The molecular weight excluding hydrogens is 264 g/mol. The molecule has 1 heterocycles. The van der Waals surface area contributed by atoms with Gasteiger partial charge in [0.2, 0.25) is 0 Å². The number of anilines is 1. The van der Waals surface area contributed by atoms with Crippen LogP contribution in [0.2, 0.25) is 0 Å². The molecule has 20 heavy (non-hydrogen) atoms. The van der Waals surface area contributed by atoms with Crippen molar-refractivity contribution >= 4 is 17.3 Å². The number of amides is 1. The van der Waals surface area contributed by atoms with Crippen molar-refractivity contribution in [1.82, 2.24) is 0 Å². The third-order valence-electron chi connectivity index (χ3n) is 3.14. The summed E-state index contributed by atoms with van der Waals surface area (Å²) in [5.41, 5.74) is 0.209. The second-order valence-electron chi connectivity index (χ2n) is 4.91. The summed E-state index contributed by atoms with van der Waals surface area (Å²) in [6.07, 6.45) is -0.643. The van der Waals surface area contributed by atoms with E-state index in [1.165, 1.54) is 23.1 Å². The van der Waals surface area contributed by atoms with E-state index in [1.807, 2.05) is 13.8 Å². The smallest absolute Gasteiger partial charge is 0.271 e. The van der Waals surface area contributed by atoms with Gasteiger partial charge in [0.05, 0.1) is 17.2 Å². The molecule has 0 spiro atoms. The zero-order chi connectivity index (χ0) is 14.9. The third-order valence-corrected chi connectivity index (χ3v) is 3.14. The molecule has 1 amide bonds. The van der Waals surface area contributed by atoms with E-state index in [9.17, 15) is 14.9 Å². The summed E-state index contributed by atoms with van der Waals surface area (Å²) in [6, 6.07) is 4.11. The molecule has 1 atom stereocenters. The molecular formula is C13H16N2O5. The van der Waals surface area contributed by atoms with Gasteiger partial charge in [0.25, 0.3) is 11.6 Å². The molecule has 2 rings (SSSR count).